The average molecular weight is 486 g/mol. The van der Waals surface area contributed by atoms with Crippen molar-refractivity contribution in [3.63, 3.8) is 0 Å². The molecule has 3 aromatic heterocycles. The van der Waals surface area contributed by atoms with Crippen molar-refractivity contribution in [3.05, 3.63) is 17.3 Å². The van der Waals surface area contributed by atoms with Crippen LogP contribution in [0.5, 0.6) is 0 Å². The first-order valence-corrected chi connectivity index (χ1v) is 12.2. The molecule has 0 aromatic carbocycles. The Balaban J connectivity index is 1.45. The first-order valence-electron chi connectivity index (χ1n) is 11.3. The number of piperidine rings is 2. The van der Waals surface area contributed by atoms with E-state index in [0.29, 0.717) is 49.8 Å². The van der Waals surface area contributed by atoms with Gasteiger partial charge < -0.3 is 32.7 Å². The lowest BCUT2D eigenvalue weighted by Gasteiger charge is -2.37. The third-order valence-corrected chi connectivity index (χ3v) is 7.13. The van der Waals surface area contributed by atoms with Crippen LogP contribution in [0.15, 0.2) is 11.7 Å². The third kappa shape index (κ3) is 4.81. The second-order valence-electron chi connectivity index (χ2n) is 9.15. The van der Waals surface area contributed by atoms with Crippen LogP contribution in [0.1, 0.15) is 18.4 Å². The summed E-state index contributed by atoms with van der Waals surface area (Å²) in [5.74, 6) is 2.01. The molecule has 34 heavy (non-hydrogen) atoms. The van der Waals surface area contributed by atoms with Crippen LogP contribution in [0.25, 0.3) is 10.2 Å². The molecule has 0 aliphatic carbocycles. The number of rotatable bonds is 5. The lowest BCUT2D eigenvalue weighted by atomic mass is 10.0. The number of hydrazine groups is 1. The number of thiophene rings is 1. The van der Waals surface area contributed by atoms with Crippen LogP contribution in [-0.2, 0) is 0 Å². The van der Waals surface area contributed by atoms with E-state index in [-0.39, 0.29) is 24.2 Å². The fourth-order valence-corrected chi connectivity index (χ4v) is 5.50. The topological polar surface area (TPSA) is 199 Å². The second-order valence-corrected chi connectivity index (χ2v) is 10.0. The Morgan fingerprint density at radius 3 is 1.94 bits per heavy atom. The van der Waals surface area contributed by atoms with Gasteiger partial charge in [-0.2, -0.15) is 15.0 Å². The molecule has 2 saturated heterocycles. The maximum atomic E-state index is 6.22. The zero-order valence-electron chi connectivity index (χ0n) is 19.1. The first-order chi connectivity index (χ1) is 16.4. The number of anilines is 4. The molecular weight excluding hydrogens is 454 g/mol. The molecule has 3 aromatic rings. The van der Waals surface area contributed by atoms with Gasteiger partial charge in [0, 0.05) is 50.3 Å². The van der Waals surface area contributed by atoms with Crippen LogP contribution < -0.4 is 43.6 Å². The number of hydrogen-bond donors (Lipinski definition) is 6. The largest absolute Gasteiger partial charge is 0.338 e. The van der Waals surface area contributed by atoms with Gasteiger partial charge in [0.05, 0.1) is 10.2 Å². The van der Waals surface area contributed by atoms with Crippen LogP contribution in [0, 0.1) is 6.92 Å². The molecule has 0 radical (unpaired) electrons. The minimum absolute atomic E-state index is 0.0494. The molecule has 10 N–H and O–H groups in total. The summed E-state index contributed by atoms with van der Waals surface area (Å²) < 4.78 is 0.947. The van der Waals surface area contributed by atoms with E-state index in [4.69, 9.17) is 27.9 Å². The van der Waals surface area contributed by atoms with Gasteiger partial charge in [-0.15, -0.1) is 11.3 Å². The highest BCUT2D eigenvalue weighted by Crippen LogP contribution is 2.28. The molecule has 2 fully saturated rings. The average Bonchev–Trinajstić information content (AvgIpc) is 3.17. The van der Waals surface area contributed by atoms with Gasteiger partial charge in [-0.25, -0.2) is 9.97 Å². The van der Waals surface area contributed by atoms with Gasteiger partial charge in [-0.05, 0) is 30.7 Å². The van der Waals surface area contributed by atoms with Crippen molar-refractivity contribution < 1.29 is 0 Å². The zero-order valence-corrected chi connectivity index (χ0v) is 19.9. The lowest BCUT2D eigenvalue weighted by Crippen LogP contribution is -2.54. The van der Waals surface area contributed by atoms with Crippen molar-refractivity contribution >= 4 is 45.2 Å². The van der Waals surface area contributed by atoms with Crippen molar-refractivity contribution in [3.8, 4) is 0 Å². The zero-order chi connectivity index (χ0) is 23.8. The summed E-state index contributed by atoms with van der Waals surface area (Å²) in [7, 11) is 0. The van der Waals surface area contributed by atoms with Gasteiger partial charge >= 0.3 is 0 Å². The van der Waals surface area contributed by atoms with Gasteiger partial charge in [0.25, 0.3) is 0 Å². The standard InChI is InChI=1S/C20H31N13S/c1-10-8-34-16-15(10)25-9-26-17(16)30-31-18-27-19(32-4-11(21)2-12(22)5-32)29-20(28-18)33-6-13(23)3-14(24)7-33/h8-9,11-14H,2-7,21-24H2,1H3,(H,25,26,30)(H,27,28,29,31)/t11-,12+,13-,14+. The molecule has 0 spiro atoms. The Morgan fingerprint density at radius 1 is 0.824 bits per heavy atom. The fourth-order valence-electron chi connectivity index (χ4n) is 4.55. The Bertz CT molecular complexity index is 1090. The molecule has 2 aliphatic rings. The molecule has 182 valence electrons. The Hall–Kier alpha value is -2.91. The summed E-state index contributed by atoms with van der Waals surface area (Å²) in [5.41, 5.74) is 33.1. The van der Waals surface area contributed by atoms with E-state index in [2.05, 4.69) is 36.2 Å². The summed E-state index contributed by atoms with van der Waals surface area (Å²) in [6.07, 6.45) is 3.06. The van der Waals surface area contributed by atoms with Crippen LogP contribution in [-0.4, -0.2) is 75.3 Å². The highest BCUT2D eigenvalue weighted by molar-refractivity contribution is 7.18. The smallest absolute Gasteiger partial charge is 0.248 e. The number of aryl methyl sites for hydroxylation is 1. The quantitative estimate of drug-likeness (QED) is 0.249. The molecule has 5 rings (SSSR count). The molecule has 2 aliphatic heterocycles. The molecule has 13 nitrogen and oxygen atoms in total. The minimum atomic E-state index is -0.0494. The Morgan fingerprint density at radius 2 is 1.38 bits per heavy atom. The van der Waals surface area contributed by atoms with E-state index in [0.717, 1.165) is 28.6 Å². The first kappa shape index (κ1) is 22.9. The summed E-state index contributed by atoms with van der Waals surface area (Å²) in [5, 5.41) is 2.05. The summed E-state index contributed by atoms with van der Waals surface area (Å²) >= 11 is 1.58. The maximum absolute atomic E-state index is 6.22. The highest BCUT2D eigenvalue weighted by atomic mass is 32.1. The number of nitrogens with zero attached hydrogens (tertiary/aromatic N) is 7. The van der Waals surface area contributed by atoms with Gasteiger partial charge in [0.1, 0.15) is 6.33 Å². The molecule has 0 amide bonds. The van der Waals surface area contributed by atoms with Gasteiger partial charge in [0.15, 0.2) is 5.82 Å². The van der Waals surface area contributed by atoms with Crippen LogP contribution in [0.4, 0.5) is 23.7 Å². The predicted octanol–water partition coefficient (Wildman–Crippen LogP) is -0.647. The van der Waals surface area contributed by atoms with Crippen LogP contribution in [0.3, 0.4) is 0 Å². The summed E-state index contributed by atoms with van der Waals surface area (Å²) in [6, 6.07) is -0.197. The molecule has 0 saturated carbocycles. The number of hydrogen-bond acceptors (Lipinski definition) is 14. The maximum Gasteiger partial charge on any atom is 0.248 e. The number of nitrogens with one attached hydrogen (secondary N) is 2. The van der Waals surface area contributed by atoms with Crippen molar-refractivity contribution in [1.29, 1.82) is 0 Å². The van der Waals surface area contributed by atoms with E-state index < -0.39 is 0 Å². The SMILES string of the molecule is Cc1csc2c(NNc3nc(N4C[C@H](N)C[C@H](N)C4)nc(N4C[C@H](N)C[C@H](N)C4)n3)ncnc12. The van der Waals surface area contributed by atoms with Gasteiger partial charge in [0.2, 0.25) is 17.8 Å². The number of nitrogens with two attached hydrogens (primary N) is 4. The normalized spacial score (nSPS) is 25.6. The fraction of sp³-hybridized carbons (Fsp3) is 0.550. The van der Waals surface area contributed by atoms with E-state index in [1.54, 1.807) is 11.3 Å². The monoisotopic (exact) mass is 485 g/mol. The van der Waals surface area contributed by atoms with Gasteiger partial charge in [-0.3, -0.25) is 10.9 Å². The second kappa shape index (κ2) is 9.38. The lowest BCUT2D eigenvalue weighted by molar-refractivity contribution is 0.441. The van der Waals surface area contributed by atoms with Crippen LogP contribution in [0.2, 0.25) is 0 Å². The number of fused-ring (bicyclic) bond motifs is 1. The van der Waals surface area contributed by atoms with E-state index >= 15 is 0 Å². The van der Waals surface area contributed by atoms with Crippen molar-refractivity contribution in [2.75, 3.05) is 46.8 Å². The predicted molar refractivity (Wildman–Crippen MR) is 135 cm³/mol. The van der Waals surface area contributed by atoms with Crippen molar-refractivity contribution in [1.82, 2.24) is 24.9 Å². The Labute approximate surface area is 201 Å². The van der Waals surface area contributed by atoms with E-state index in [9.17, 15) is 0 Å². The minimum Gasteiger partial charge on any atom is -0.338 e. The molecule has 5 heterocycles. The third-order valence-electron chi connectivity index (χ3n) is 6.03. The molecule has 4 atom stereocenters. The van der Waals surface area contributed by atoms with Crippen molar-refractivity contribution in [2.45, 2.75) is 43.9 Å². The molecule has 14 heteroatoms. The highest BCUT2D eigenvalue weighted by Gasteiger charge is 2.28. The Kier molecular flexibility index (Phi) is 6.31. The van der Waals surface area contributed by atoms with E-state index in [1.807, 2.05) is 16.7 Å². The molecule has 0 unspecified atom stereocenters. The van der Waals surface area contributed by atoms with Crippen molar-refractivity contribution in [2.24, 2.45) is 22.9 Å². The molecular formula is C20H31N13S. The van der Waals surface area contributed by atoms with Gasteiger partial charge in [-0.1, -0.05) is 0 Å². The van der Waals surface area contributed by atoms with E-state index in [1.165, 1.54) is 6.33 Å². The van der Waals surface area contributed by atoms with Crippen LogP contribution >= 0.6 is 11.3 Å². The summed E-state index contributed by atoms with van der Waals surface area (Å²) in [6.45, 7) is 4.48. The molecule has 0 bridgehead atoms. The summed E-state index contributed by atoms with van der Waals surface area (Å²) in [4.78, 5) is 26.8. The number of aromatic nitrogens is 5.